The fraction of sp³-hybridized carbons (Fsp3) is 0.333. The fourth-order valence-corrected chi connectivity index (χ4v) is 1.54. The molecule has 90 valence electrons. The summed E-state index contributed by atoms with van der Waals surface area (Å²) in [7, 11) is -5.58. The lowest BCUT2D eigenvalue weighted by atomic mass is 10.1. The van der Waals surface area contributed by atoms with Crippen LogP contribution in [0.1, 0.15) is 12.5 Å². The number of halogens is 3. The summed E-state index contributed by atoms with van der Waals surface area (Å²) < 4.78 is 61.6. The Balaban J connectivity index is 3.06. The Hall–Kier alpha value is -1.24. The Labute approximate surface area is 91.0 Å². The lowest BCUT2D eigenvalue weighted by molar-refractivity contribution is -0.0500. The molecule has 0 bridgehead atoms. The number of alkyl halides is 3. The quantitative estimate of drug-likeness (QED) is 0.614. The summed E-state index contributed by atoms with van der Waals surface area (Å²) in [4.78, 5) is 0. The Morgan fingerprint density at radius 2 is 1.81 bits per heavy atom. The highest BCUT2D eigenvalue weighted by Crippen LogP contribution is 2.28. The highest BCUT2D eigenvalue weighted by molar-refractivity contribution is 7.88. The van der Waals surface area contributed by atoms with Crippen LogP contribution in [0, 0.1) is 0 Å². The maximum Gasteiger partial charge on any atom is 0.534 e. The summed E-state index contributed by atoms with van der Waals surface area (Å²) in [6, 6.07) is 5.68. The van der Waals surface area contributed by atoms with Crippen molar-refractivity contribution in [2.24, 2.45) is 0 Å². The molecule has 0 spiro atoms. The van der Waals surface area contributed by atoms with E-state index in [1.165, 1.54) is 18.2 Å². The van der Waals surface area contributed by atoms with Gasteiger partial charge in [0.25, 0.3) is 0 Å². The van der Waals surface area contributed by atoms with Gasteiger partial charge < -0.3 is 4.18 Å². The molecule has 7 heteroatoms. The highest BCUT2D eigenvalue weighted by Gasteiger charge is 2.48. The summed E-state index contributed by atoms with van der Waals surface area (Å²) in [6.45, 7) is 1.68. The molecule has 0 atom stereocenters. The molecule has 1 aromatic carbocycles. The van der Waals surface area contributed by atoms with Gasteiger partial charge in [-0.2, -0.15) is 21.6 Å². The molecule has 0 fully saturated rings. The van der Waals surface area contributed by atoms with Gasteiger partial charge in [0.2, 0.25) is 0 Å². The van der Waals surface area contributed by atoms with Gasteiger partial charge in [0.1, 0.15) is 5.75 Å². The minimum atomic E-state index is -5.58. The Kier molecular flexibility index (Phi) is 3.47. The van der Waals surface area contributed by atoms with Crippen LogP contribution in [0.25, 0.3) is 0 Å². The first-order valence-corrected chi connectivity index (χ1v) is 5.77. The molecule has 0 aromatic heterocycles. The monoisotopic (exact) mass is 254 g/mol. The summed E-state index contributed by atoms with van der Waals surface area (Å²) >= 11 is 0. The second-order valence-corrected chi connectivity index (χ2v) is 4.48. The van der Waals surface area contributed by atoms with Crippen molar-refractivity contribution in [1.82, 2.24) is 0 Å². The molecule has 1 aromatic rings. The number of benzene rings is 1. The standard InChI is InChI=1S/C9H9F3O3S/c1-2-7-5-3-4-6-8(7)15-16(13,14)9(10,11)12/h3-6H,2H2,1H3. The van der Waals surface area contributed by atoms with Gasteiger partial charge in [0.15, 0.2) is 0 Å². The van der Waals surface area contributed by atoms with Crippen molar-refractivity contribution >= 4 is 10.1 Å². The van der Waals surface area contributed by atoms with Crippen LogP contribution in [-0.4, -0.2) is 13.9 Å². The maximum atomic E-state index is 12.0. The van der Waals surface area contributed by atoms with E-state index < -0.39 is 15.6 Å². The Bertz CT molecular complexity index is 465. The van der Waals surface area contributed by atoms with Gasteiger partial charge in [0, 0.05) is 0 Å². The van der Waals surface area contributed by atoms with Gasteiger partial charge >= 0.3 is 15.6 Å². The molecule has 1 rings (SSSR count). The lowest BCUT2D eigenvalue weighted by Crippen LogP contribution is -2.28. The van der Waals surface area contributed by atoms with Crippen molar-refractivity contribution in [1.29, 1.82) is 0 Å². The van der Waals surface area contributed by atoms with Gasteiger partial charge in [-0.3, -0.25) is 0 Å². The predicted molar refractivity (Wildman–Crippen MR) is 51.4 cm³/mol. The van der Waals surface area contributed by atoms with Crippen LogP contribution in [0.3, 0.4) is 0 Å². The van der Waals surface area contributed by atoms with Gasteiger partial charge in [-0.15, -0.1) is 0 Å². The van der Waals surface area contributed by atoms with E-state index in [0.29, 0.717) is 12.0 Å². The normalized spacial score (nSPS) is 12.5. The van der Waals surface area contributed by atoms with Crippen molar-refractivity contribution in [2.75, 3.05) is 0 Å². The van der Waals surface area contributed by atoms with E-state index in [9.17, 15) is 21.6 Å². The zero-order valence-electron chi connectivity index (χ0n) is 8.28. The summed E-state index contributed by atoms with van der Waals surface area (Å²) in [5, 5.41) is 0. The molecule has 0 heterocycles. The second-order valence-electron chi connectivity index (χ2n) is 2.94. The van der Waals surface area contributed by atoms with Crippen LogP contribution in [0.4, 0.5) is 13.2 Å². The molecule has 0 amide bonds. The van der Waals surface area contributed by atoms with Crippen LogP contribution >= 0.6 is 0 Å². The largest absolute Gasteiger partial charge is 0.534 e. The topological polar surface area (TPSA) is 43.4 Å². The number of rotatable bonds is 3. The smallest absolute Gasteiger partial charge is 0.376 e. The van der Waals surface area contributed by atoms with Gasteiger partial charge in [-0.05, 0) is 18.1 Å². The van der Waals surface area contributed by atoms with Crippen molar-refractivity contribution in [3.63, 3.8) is 0 Å². The molecule has 0 aliphatic rings. The first-order valence-electron chi connectivity index (χ1n) is 4.36. The molecule has 0 unspecified atom stereocenters. The minimum Gasteiger partial charge on any atom is -0.376 e. The van der Waals surface area contributed by atoms with Gasteiger partial charge in [-0.1, -0.05) is 25.1 Å². The molecule has 0 N–H and O–H groups in total. The van der Waals surface area contributed by atoms with Gasteiger partial charge in [-0.25, -0.2) is 0 Å². The fourth-order valence-electron chi connectivity index (χ4n) is 1.04. The number of hydrogen-bond donors (Lipinski definition) is 0. The summed E-state index contributed by atoms with van der Waals surface area (Å²) in [5.41, 5.74) is -5.01. The molecule has 16 heavy (non-hydrogen) atoms. The number of hydrogen-bond acceptors (Lipinski definition) is 3. The van der Waals surface area contributed by atoms with E-state index >= 15 is 0 Å². The third-order valence-corrected chi connectivity index (χ3v) is 2.80. The number of aryl methyl sites for hydroxylation is 1. The molecule has 0 saturated carbocycles. The van der Waals surface area contributed by atoms with E-state index in [2.05, 4.69) is 4.18 Å². The molecule has 0 saturated heterocycles. The third kappa shape index (κ3) is 2.66. The first kappa shape index (κ1) is 12.8. The van der Waals surface area contributed by atoms with E-state index in [1.807, 2.05) is 0 Å². The molecule has 0 aliphatic carbocycles. The summed E-state index contributed by atoms with van der Waals surface area (Å²) in [5.74, 6) is -0.290. The highest BCUT2D eigenvalue weighted by atomic mass is 32.2. The van der Waals surface area contributed by atoms with Crippen LogP contribution in [0.15, 0.2) is 24.3 Å². The van der Waals surface area contributed by atoms with Crippen molar-refractivity contribution < 1.29 is 25.8 Å². The lowest BCUT2D eigenvalue weighted by Gasteiger charge is -2.11. The third-order valence-electron chi connectivity index (χ3n) is 1.84. The molecule has 0 aliphatic heterocycles. The van der Waals surface area contributed by atoms with Gasteiger partial charge in [0.05, 0.1) is 0 Å². The Morgan fingerprint density at radius 3 is 2.31 bits per heavy atom. The molecule has 3 nitrogen and oxygen atoms in total. The molecule has 0 radical (unpaired) electrons. The van der Waals surface area contributed by atoms with Crippen molar-refractivity contribution in [3.05, 3.63) is 29.8 Å². The van der Waals surface area contributed by atoms with E-state index in [0.717, 1.165) is 0 Å². The van der Waals surface area contributed by atoms with E-state index in [-0.39, 0.29) is 5.75 Å². The first-order chi connectivity index (χ1) is 7.28. The molecular formula is C9H9F3O3S. The van der Waals surface area contributed by atoms with E-state index in [4.69, 9.17) is 0 Å². The number of para-hydroxylation sites is 1. The predicted octanol–water partition coefficient (Wildman–Crippen LogP) is 2.48. The van der Waals surface area contributed by atoms with Crippen LogP contribution in [0.2, 0.25) is 0 Å². The SMILES string of the molecule is CCc1ccccc1OS(=O)(=O)C(F)(F)F. The average molecular weight is 254 g/mol. The van der Waals surface area contributed by atoms with Crippen LogP contribution in [-0.2, 0) is 16.5 Å². The van der Waals surface area contributed by atoms with Crippen LogP contribution < -0.4 is 4.18 Å². The summed E-state index contributed by atoms with van der Waals surface area (Å²) in [6.07, 6.45) is 0.379. The Morgan fingerprint density at radius 1 is 1.25 bits per heavy atom. The van der Waals surface area contributed by atoms with Crippen LogP contribution in [0.5, 0.6) is 5.75 Å². The minimum absolute atomic E-state index is 0.290. The zero-order chi connectivity index (χ0) is 12.4. The molecular weight excluding hydrogens is 245 g/mol. The average Bonchev–Trinajstić information content (AvgIpc) is 2.16. The van der Waals surface area contributed by atoms with E-state index in [1.54, 1.807) is 13.0 Å². The van der Waals surface area contributed by atoms with Crippen molar-refractivity contribution in [3.8, 4) is 5.75 Å². The van der Waals surface area contributed by atoms with Crippen molar-refractivity contribution in [2.45, 2.75) is 18.9 Å². The maximum absolute atomic E-state index is 12.0. The zero-order valence-corrected chi connectivity index (χ0v) is 9.10. The second kappa shape index (κ2) is 4.32.